The molecule has 1 amide bonds. The zero-order valence-electron chi connectivity index (χ0n) is 21.1. The quantitative estimate of drug-likeness (QED) is 0.182. The molecular formula is C30H27FN2O3S. The van der Waals surface area contributed by atoms with Gasteiger partial charge in [-0.15, -0.1) is 0 Å². The molecule has 1 aliphatic heterocycles. The maximum atomic E-state index is 13.5. The lowest BCUT2D eigenvalue weighted by Gasteiger charge is -2.24. The van der Waals surface area contributed by atoms with Crippen molar-refractivity contribution in [2.24, 2.45) is 0 Å². The molecular weight excluding hydrogens is 487 g/mol. The third kappa shape index (κ3) is 4.44. The second-order valence-corrected chi connectivity index (χ2v) is 11.2. The fourth-order valence-electron chi connectivity index (χ4n) is 4.55. The number of benzene rings is 3. The second kappa shape index (κ2) is 9.23. The number of anilines is 1. The topological polar surface area (TPSA) is 70.5 Å². The minimum Gasteiger partial charge on any atom is -0.507 e. The Morgan fingerprint density at radius 1 is 1.03 bits per heavy atom. The standard InChI is InChI=1S/C30H27FN2O3S/c1-5-17-6-15-22-23(16-17)37-29(32-22)33-25(18-7-11-20(12-8-18)30(2,3)4)24(27(35)28(33)36)26(34)19-9-13-21(31)14-10-19/h6-16,25,34H,5H2,1-4H3/t25-/m0/s1. The van der Waals surface area contributed by atoms with Gasteiger partial charge < -0.3 is 5.11 Å². The van der Waals surface area contributed by atoms with Gasteiger partial charge in [0.1, 0.15) is 11.6 Å². The Labute approximate surface area is 218 Å². The van der Waals surface area contributed by atoms with E-state index in [1.165, 1.54) is 40.5 Å². The van der Waals surface area contributed by atoms with E-state index in [2.05, 4.69) is 32.7 Å². The average Bonchev–Trinajstić information content (AvgIpc) is 3.41. The number of hydrogen-bond acceptors (Lipinski definition) is 5. The zero-order valence-corrected chi connectivity index (χ0v) is 21.9. The van der Waals surface area contributed by atoms with E-state index in [0.717, 1.165) is 27.8 Å². The normalized spacial score (nSPS) is 17.6. The van der Waals surface area contributed by atoms with Crippen molar-refractivity contribution in [3.8, 4) is 0 Å². The molecule has 0 bridgehead atoms. The summed E-state index contributed by atoms with van der Waals surface area (Å²) in [6.07, 6.45) is 0.867. The van der Waals surface area contributed by atoms with Gasteiger partial charge >= 0.3 is 5.91 Å². The van der Waals surface area contributed by atoms with Crippen molar-refractivity contribution in [2.45, 2.75) is 45.6 Å². The summed E-state index contributed by atoms with van der Waals surface area (Å²) >= 11 is 1.34. The summed E-state index contributed by atoms with van der Waals surface area (Å²) in [6, 6.07) is 18.0. The van der Waals surface area contributed by atoms with Gasteiger partial charge in [0, 0.05) is 5.56 Å². The summed E-state index contributed by atoms with van der Waals surface area (Å²) in [5.41, 5.74) is 3.78. The number of nitrogens with zero attached hydrogens (tertiary/aromatic N) is 2. The van der Waals surface area contributed by atoms with Gasteiger partial charge in [-0.05, 0) is 64.9 Å². The first-order valence-corrected chi connectivity index (χ1v) is 13.0. The number of aryl methyl sites for hydroxylation is 1. The predicted molar refractivity (Wildman–Crippen MR) is 145 cm³/mol. The highest BCUT2D eigenvalue weighted by molar-refractivity contribution is 7.22. The lowest BCUT2D eigenvalue weighted by Crippen LogP contribution is -2.29. The van der Waals surface area contributed by atoms with Gasteiger partial charge in [0.15, 0.2) is 5.13 Å². The molecule has 1 aromatic heterocycles. The van der Waals surface area contributed by atoms with Gasteiger partial charge in [-0.25, -0.2) is 9.37 Å². The van der Waals surface area contributed by atoms with E-state index in [4.69, 9.17) is 0 Å². The molecule has 0 spiro atoms. The van der Waals surface area contributed by atoms with E-state index in [-0.39, 0.29) is 22.3 Å². The molecule has 0 aliphatic carbocycles. The second-order valence-electron chi connectivity index (χ2n) is 10.2. The van der Waals surface area contributed by atoms with Gasteiger partial charge in [0.2, 0.25) is 0 Å². The molecule has 1 N–H and O–H groups in total. The van der Waals surface area contributed by atoms with Crippen molar-refractivity contribution in [1.82, 2.24) is 4.98 Å². The third-order valence-corrected chi connectivity index (χ3v) is 7.73. The summed E-state index contributed by atoms with van der Waals surface area (Å²) < 4.78 is 14.5. The van der Waals surface area contributed by atoms with Gasteiger partial charge in [-0.2, -0.15) is 0 Å². The van der Waals surface area contributed by atoms with Crippen LogP contribution in [0, 0.1) is 5.82 Å². The highest BCUT2D eigenvalue weighted by Gasteiger charge is 2.48. The number of carbonyl (C=O) groups is 2. The number of Topliss-reactive ketones (excluding diaryl/α,β-unsaturated/α-hetero) is 1. The van der Waals surface area contributed by atoms with Crippen LogP contribution in [0.3, 0.4) is 0 Å². The van der Waals surface area contributed by atoms with Gasteiger partial charge in [-0.1, -0.05) is 69.4 Å². The summed E-state index contributed by atoms with van der Waals surface area (Å²) in [5, 5.41) is 11.6. The van der Waals surface area contributed by atoms with Crippen LogP contribution in [-0.2, 0) is 21.4 Å². The van der Waals surface area contributed by atoms with E-state index in [1.807, 2.05) is 42.5 Å². The Bertz CT molecular complexity index is 1550. The molecule has 0 unspecified atom stereocenters. The number of fused-ring (bicyclic) bond motifs is 1. The van der Waals surface area contributed by atoms with Crippen LogP contribution in [0.1, 0.15) is 56.0 Å². The number of hydrogen-bond donors (Lipinski definition) is 1. The highest BCUT2D eigenvalue weighted by atomic mass is 32.1. The van der Waals surface area contributed by atoms with E-state index < -0.39 is 23.5 Å². The molecule has 4 aromatic rings. The van der Waals surface area contributed by atoms with Crippen molar-refractivity contribution in [3.63, 3.8) is 0 Å². The fourth-order valence-corrected chi connectivity index (χ4v) is 5.61. The summed E-state index contributed by atoms with van der Waals surface area (Å²) in [6.45, 7) is 8.38. The number of carbonyl (C=O) groups excluding carboxylic acids is 2. The molecule has 2 heterocycles. The number of aromatic nitrogens is 1. The van der Waals surface area contributed by atoms with E-state index in [9.17, 15) is 19.1 Å². The smallest absolute Gasteiger partial charge is 0.301 e. The van der Waals surface area contributed by atoms with Gasteiger partial charge in [0.25, 0.3) is 5.78 Å². The van der Waals surface area contributed by atoms with Crippen LogP contribution < -0.4 is 4.90 Å². The minimum atomic E-state index is -0.884. The van der Waals surface area contributed by atoms with Crippen LogP contribution in [0.15, 0.2) is 72.3 Å². The number of ketones is 1. The number of halogens is 1. The molecule has 7 heteroatoms. The van der Waals surface area contributed by atoms with Crippen molar-refractivity contribution in [2.75, 3.05) is 4.90 Å². The number of rotatable bonds is 4. The van der Waals surface area contributed by atoms with Crippen LogP contribution in [0.4, 0.5) is 9.52 Å². The molecule has 1 saturated heterocycles. The first-order chi connectivity index (χ1) is 17.6. The Balaban J connectivity index is 1.70. The van der Waals surface area contributed by atoms with Crippen molar-refractivity contribution < 1.29 is 19.1 Å². The highest BCUT2D eigenvalue weighted by Crippen LogP contribution is 2.44. The molecule has 37 heavy (non-hydrogen) atoms. The molecule has 5 nitrogen and oxygen atoms in total. The van der Waals surface area contributed by atoms with Crippen molar-refractivity contribution in [3.05, 3.63) is 100 Å². The molecule has 1 fully saturated rings. The minimum absolute atomic E-state index is 0.0476. The first kappa shape index (κ1) is 24.8. The molecule has 5 rings (SSSR count). The predicted octanol–water partition coefficient (Wildman–Crippen LogP) is 6.92. The number of thiazole rings is 1. The Morgan fingerprint density at radius 3 is 2.32 bits per heavy atom. The van der Waals surface area contributed by atoms with Crippen LogP contribution >= 0.6 is 11.3 Å². The molecule has 3 aromatic carbocycles. The lowest BCUT2D eigenvalue weighted by molar-refractivity contribution is -0.132. The average molecular weight is 515 g/mol. The molecule has 0 radical (unpaired) electrons. The Hall–Kier alpha value is -3.84. The van der Waals surface area contributed by atoms with Crippen LogP contribution in [0.2, 0.25) is 0 Å². The number of amides is 1. The summed E-state index contributed by atoms with van der Waals surface area (Å²) in [4.78, 5) is 32.9. The Kier molecular flexibility index (Phi) is 6.20. The molecule has 1 atom stereocenters. The maximum Gasteiger partial charge on any atom is 0.301 e. The SMILES string of the molecule is CCc1ccc2nc(N3C(=O)C(=O)C(=C(O)c4ccc(F)cc4)[C@@H]3c3ccc(C(C)(C)C)cc3)sc2c1. The van der Waals surface area contributed by atoms with E-state index in [0.29, 0.717) is 10.7 Å². The summed E-state index contributed by atoms with van der Waals surface area (Å²) in [7, 11) is 0. The monoisotopic (exact) mass is 514 g/mol. The zero-order chi connectivity index (χ0) is 26.5. The fraction of sp³-hybridized carbons (Fsp3) is 0.233. The molecule has 188 valence electrons. The number of aliphatic hydroxyl groups excluding tert-OH is 1. The Morgan fingerprint density at radius 2 is 1.70 bits per heavy atom. The molecule has 1 aliphatic rings. The van der Waals surface area contributed by atoms with E-state index >= 15 is 0 Å². The molecule has 0 saturated carbocycles. The van der Waals surface area contributed by atoms with Crippen LogP contribution in [0.25, 0.3) is 16.0 Å². The first-order valence-electron chi connectivity index (χ1n) is 12.2. The lowest BCUT2D eigenvalue weighted by atomic mass is 9.85. The van der Waals surface area contributed by atoms with Crippen molar-refractivity contribution in [1.29, 1.82) is 0 Å². The van der Waals surface area contributed by atoms with Gasteiger partial charge in [-0.3, -0.25) is 14.5 Å². The number of aliphatic hydroxyl groups is 1. The van der Waals surface area contributed by atoms with Gasteiger partial charge in [0.05, 0.1) is 21.8 Å². The maximum absolute atomic E-state index is 13.5. The van der Waals surface area contributed by atoms with E-state index in [1.54, 1.807) is 0 Å². The van der Waals surface area contributed by atoms with Crippen molar-refractivity contribution >= 4 is 44.1 Å². The third-order valence-electron chi connectivity index (χ3n) is 6.71. The van der Waals surface area contributed by atoms with Crippen LogP contribution in [-0.4, -0.2) is 21.8 Å². The van der Waals surface area contributed by atoms with Crippen LogP contribution in [0.5, 0.6) is 0 Å². The largest absolute Gasteiger partial charge is 0.507 e. The summed E-state index contributed by atoms with van der Waals surface area (Å²) in [5.74, 6) is -2.38.